The van der Waals surface area contributed by atoms with Gasteiger partial charge in [-0.2, -0.15) is 0 Å². The topological polar surface area (TPSA) is 28.7 Å². The number of nitrogens with one attached hydrogen (secondary N) is 1. The molecule has 0 aliphatic heterocycles. The number of H-pyrrole nitrogens is 1. The Kier molecular flexibility index (Phi) is 1.83. The number of benzene rings is 1. The monoisotopic (exact) mass is 260 g/mol. The summed E-state index contributed by atoms with van der Waals surface area (Å²) in [5, 5.41) is 2.39. The molecular formula is C12H9BrN2. The number of hydrogen-bond donors (Lipinski definition) is 1. The molecular weight excluding hydrogens is 252 g/mol. The third-order valence-electron chi connectivity index (χ3n) is 2.56. The van der Waals surface area contributed by atoms with Crippen LogP contribution in [0.25, 0.3) is 21.9 Å². The minimum atomic E-state index is 0.961. The highest BCUT2D eigenvalue weighted by Crippen LogP contribution is 2.26. The highest BCUT2D eigenvalue weighted by Gasteiger charge is 2.05. The summed E-state index contributed by atoms with van der Waals surface area (Å²) in [6.45, 7) is 2.00. The van der Waals surface area contributed by atoms with Crippen LogP contribution < -0.4 is 0 Å². The molecule has 3 aromatic rings. The van der Waals surface area contributed by atoms with E-state index in [4.69, 9.17) is 0 Å². The molecule has 0 radical (unpaired) electrons. The van der Waals surface area contributed by atoms with Gasteiger partial charge in [-0.3, -0.25) is 0 Å². The smallest absolute Gasteiger partial charge is 0.138 e. The van der Waals surface area contributed by atoms with E-state index in [0.717, 1.165) is 21.3 Å². The van der Waals surface area contributed by atoms with Crippen molar-refractivity contribution in [2.24, 2.45) is 0 Å². The minimum absolute atomic E-state index is 0.961. The predicted octanol–water partition coefficient (Wildman–Crippen LogP) is 3.79. The van der Waals surface area contributed by atoms with Gasteiger partial charge in [0.1, 0.15) is 5.65 Å². The molecule has 3 rings (SSSR count). The molecule has 74 valence electrons. The SMILES string of the molecule is Cc1ccc2c(n1)[nH]c1ccc(Br)cc12. The second kappa shape index (κ2) is 3.07. The average Bonchev–Trinajstić information content (AvgIpc) is 2.54. The van der Waals surface area contributed by atoms with Gasteiger partial charge in [-0.1, -0.05) is 15.9 Å². The zero-order chi connectivity index (χ0) is 10.4. The van der Waals surface area contributed by atoms with Crippen LogP contribution in [0, 0.1) is 6.92 Å². The van der Waals surface area contributed by atoms with Gasteiger partial charge < -0.3 is 4.98 Å². The van der Waals surface area contributed by atoms with Gasteiger partial charge in [0.25, 0.3) is 0 Å². The maximum atomic E-state index is 4.47. The Hall–Kier alpha value is -1.35. The Morgan fingerprint density at radius 1 is 1.13 bits per heavy atom. The first kappa shape index (κ1) is 8.92. The van der Waals surface area contributed by atoms with E-state index < -0.39 is 0 Å². The van der Waals surface area contributed by atoms with Crippen LogP contribution in [0.15, 0.2) is 34.8 Å². The molecule has 0 fully saturated rings. The summed E-state index contributed by atoms with van der Waals surface area (Å²) in [6, 6.07) is 10.4. The predicted molar refractivity (Wildman–Crippen MR) is 66.0 cm³/mol. The largest absolute Gasteiger partial charge is 0.339 e. The Bertz CT molecular complexity index is 655. The van der Waals surface area contributed by atoms with Crippen LogP contribution in [-0.4, -0.2) is 9.97 Å². The minimum Gasteiger partial charge on any atom is -0.339 e. The number of halogens is 1. The number of pyridine rings is 1. The van der Waals surface area contributed by atoms with E-state index in [0.29, 0.717) is 0 Å². The number of aromatic nitrogens is 2. The number of fused-ring (bicyclic) bond motifs is 3. The second-order valence-electron chi connectivity index (χ2n) is 3.66. The molecule has 2 aromatic heterocycles. The van der Waals surface area contributed by atoms with Crippen molar-refractivity contribution in [1.29, 1.82) is 0 Å². The first-order chi connectivity index (χ1) is 7.24. The van der Waals surface area contributed by atoms with Gasteiger partial charge in [-0.15, -0.1) is 0 Å². The molecule has 15 heavy (non-hydrogen) atoms. The van der Waals surface area contributed by atoms with Crippen molar-refractivity contribution in [3.63, 3.8) is 0 Å². The van der Waals surface area contributed by atoms with Crippen molar-refractivity contribution >= 4 is 37.9 Å². The van der Waals surface area contributed by atoms with Gasteiger partial charge in [0, 0.05) is 26.5 Å². The summed E-state index contributed by atoms with van der Waals surface area (Å²) in [7, 11) is 0. The summed E-state index contributed by atoms with van der Waals surface area (Å²) in [4.78, 5) is 7.79. The van der Waals surface area contributed by atoms with Gasteiger partial charge in [-0.05, 0) is 37.3 Å². The summed E-state index contributed by atoms with van der Waals surface area (Å²) >= 11 is 3.48. The van der Waals surface area contributed by atoms with E-state index in [1.807, 2.05) is 19.1 Å². The number of hydrogen-bond acceptors (Lipinski definition) is 1. The first-order valence-electron chi connectivity index (χ1n) is 4.78. The number of aryl methyl sites for hydroxylation is 1. The molecule has 3 heteroatoms. The zero-order valence-electron chi connectivity index (χ0n) is 8.21. The van der Waals surface area contributed by atoms with E-state index in [1.54, 1.807) is 0 Å². The molecule has 0 bridgehead atoms. The molecule has 0 aliphatic rings. The van der Waals surface area contributed by atoms with Crippen molar-refractivity contribution in [2.45, 2.75) is 6.92 Å². The van der Waals surface area contributed by atoms with E-state index in [9.17, 15) is 0 Å². The maximum Gasteiger partial charge on any atom is 0.138 e. The number of rotatable bonds is 0. The lowest BCUT2D eigenvalue weighted by Crippen LogP contribution is -1.79. The van der Waals surface area contributed by atoms with Gasteiger partial charge in [-0.25, -0.2) is 4.98 Å². The third-order valence-corrected chi connectivity index (χ3v) is 3.05. The van der Waals surface area contributed by atoms with Crippen LogP contribution in [0.5, 0.6) is 0 Å². The van der Waals surface area contributed by atoms with Crippen molar-refractivity contribution < 1.29 is 0 Å². The Morgan fingerprint density at radius 2 is 2.00 bits per heavy atom. The fourth-order valence-electron chi connectivity index (χ4n) is 1.85. The van der Waals surface area contributed by atoms with Crippen LogP contribution in [0.2, 0.25) is 0 Å². The number of aromatic amines is 1. The molecule has 1 N–H and O–H groups in total. The first-order valence-corrected chi connectivity index (χ1v) is 5.58. The summed E-state index contributed by atoms with van der Waals surface area (Å²) in [5.74, 6) is 0. The molecule has 1 aromatic carbocycles. The van der Waals surface area contributed by atoms with Crippen LogP contribution in [0.1, 0.15) is 5.69 Å². The fraction of sp³-hybridized carbons (Fsp3) is 0.0833. The highest BCUT2D eigenvalue weighted by molar-refractivity contribution is 9.10. The molecule has 2 nitrogen and oxygen atoms in total. The molecule has 0 spiro atoms. The normalized spacial score (nSPS) is 11.3. The lowest BCUT2D eigenvalue weighted by Gasteiger charge is -1.92. The van der Waals surface area contributed by atoms with E-state index in [1.165, 1.54) is 10.8 Å². The zero-order valence-corrected chi connectivity index (χ0v) is 9.80. The lowest BCUT2D eigenvalue weighted by atomic mass is 10.2. The molecule has 2 heterocycles. The third kappa shape index (κ3) is 1.35. The number of nitrogens with zero attached hydrogens (tertiary/aromatic N) is 1. The Balaban J connectivity index is 2.53. The lowest BCUT2D eigenvalue weighted by molar-refractivity contribution is 1.23. The van der Waals surface area contributed by atoms with Crippen molar-refractivity contribution in [2.75, 3.05) is 0 Å². The molecule has 0 atom stereocenters. The second-order valence-corrected chi connectivity index (χ2v) is 4.58. The molecule has 0 saturated heterocycles. The quantitative estimate of drug-likeness (QED) is 0.655. The molecule has 0 amide bonds. The van der Waals surface area contributed by atoms with Gasteiger partial charge in [0.2, 0.25) is 0 Å². The van der Waals surface area contributed by atoms with E-state index >= 15 is 0 Å². The standard InChI is InChI=1S/C12H9BrN2/c1-7-2-4-9-10-6-8(13)3-5-11(10)15-12(9)14-7/h2-6H,1H3,(H,14,15). The van der Waals surface area contributed by atoms with E-state index in [-0.39, 0.29) is 0 Å². The van der Waals surface area contributed by atoms with Crippen LogP contribution in [0.4, 0.5) is 0 Å². The van der Waals surface area contributed by atoms with Crippen LogP contribution >= 0.6 is 15.9 Å². The molecule has 0 unspecified atom stereocenters. The Labute approximate surface area is 95.5 Å². The summed E-state index contributed by atoms with van der Waals surface area (Å²) in [5.41, 5.74) is 3.13. The summed E-state index contributed by atoms with van der Waals surface area (Å²) < 4.78 is 1.09. The average molecular weight is 261 g/mol. The van der Waals surface area contributed by atoms with Crippen molar-refractivity contribution in [3.8, 4) is 0 Å². The molecule has 0 aliphatic carbocycles. The highest BCUT2D eigenvalue weighted by atomic mass is 79.9. The molecule has 0 saturated carbocycles. The maximum absolute atomic E-state index is 4.47. The van der Waals surface area contributed by atoms with Gasteiger partial charge >= 0.3 is 0 Å². The van der Waals surface area contributed by atoms with Crippen molar-refractivity contribution in [1.82, 2.24) is 9.97 Å². The van der Waals surface area contributed by atoms with Crippen LogP contribution in [0.3, 0.4) is 0 Å². The fourth-order valence-corrected chi connectivity index (χ4v) is 2.21. The Morgan fingerprint density at radius 3 is 2.87 bits per heavy atom. The van der Waals surface area contributed by atoms with Gasteiger partial charge in [0.15, 0.2) is 0 Å². The van der Waals surface area contributed by atoms with Crippen molar-refractivity contribution in [3.05, 3.63) is 40.5 Å². The summed E-state index contributed by atoms with van der Waals surface area (Å²) in [6.07, 6.45) is 0. The van der Waals surface area contributed by atoms with Crippen LogP contribution in [-0.2, 0) is 0 Å². The van der Waals surface area contributed by atoms with Gasteiger partial charge in [0.05, 0.1) is 0 Å². The van der Waals surface area contributed by atoms with E-state index in [2.05, 4.69) is 44.1 Å².